The lowest BCUT2D eigenvalue weighted by atomic mass is 10.1. The van der Waals surface area contributed by atoms with Crippen molar-refractivity contribution in [1.82, 2.24) is 0 Å². The molecule has 1 amide bonds. The summed E-state index contributed by atoms with van der Waals surface area (Å²) in [5.41, 5.74) is 1.16. The molecule has 3 rings (SSSR count). The number of hydrogen-bond donors (Lipinski definition) is 0. The standard InChI is InChI=1S/C19H16FNO4S2/c1-23-14-9-4-11(16(24-2)17(14)25-3)10-15-18(22)21(19(26)27-15)13-7-5-12(20)6-8-13/h4-10H,1-3H3. The number of amides is 1. The first-order valence-electron chi connectivity index (χ1n) is 7.82. The van der Waals surface area contributed by atoms with E-state index in [1.165, 1.54) is 62.3 Å². The van der Waals surface area contributed by atoms with Gasteiger partial charge in [0, 0.05) is 5.56 Å². The minimum atomic E-state index is -0.380. The van der Waals surface area contributed by atoms with E-state index >= 15 is 0 Å². The predicted molar refractivity (Wildman–Crippen MR) is 108 cm³/mol. The zero-order valence-electron chi connectivity index (χ0n) is 14.8. The summed E-state index contributed by atoms with van der Waals surface area (Å²) in [5, 5.41) is 0. The average Bonchev–Trinajstić information content (AvgIpc) is 2.95. The number of ether oxygens (including phenoxy) is 3. The number of methoxy groups -OCH3 is 3. The number of anilines is 1. The van der Waals surface area contributed by atoms with Crippen molar-refractivity contribution >= 4 is 46.0 Å². The van der Waals surface area contributed by atoms with Gasteiger partial charge in [0.15, 0.2) is 15.8 Å². The van der Waals surface area contributed by atoms with Gasteiger partial charge in [0.1, 0.15) is 5.82 Å². The van der Waals surface area contributed by atoms with Crippen LogP contribution in [0.5, 0.6) is 17.2 Å². The number of rotatable bonds is 5. The van der Waals surface area contributed by atoms with Gasteiger partial charge in [0.25, 0.3) is 5.91 Å². The lowest BCUT2D eigenvalue weighted by molar-refractivity contribution is -0.113. The fourth-order valence-corrected chi connectivity index (χ4v) is 3.95. The second kappa shape index (κ2) is 7.98. The maximum absolute atomic E-state index is 13.2. The van der Waals surface area contributed by atoms with E-state index < -0.39 is 0 Å². The largest absolute Gasteiger partial charge is 0.493 e. The van der Waals surface area contributed by atoms with E-state index in [1.807, 2.05) is 0 Å². The lowest BCUT2D eigenvalue weighted by Crippen LogP contribution is -2.27. The monoisotopic (exact) mass is 405 g/mol. The summed E-state index contributed by atoms with van der Waals surface area (Å²) in [5.74, 6) is 0.736. The highest BCUT2D eigenvalue weighted by molar-refractivity contribution is 8.27. The molecule has 2 aromatic carbocycles. The number of carbonyl (C=O) groups excluding carboxylic acids is 1. The van der Waals surface area contributed by atoms with E-state index in [0.717, 1.165) is 0 Å². The molecule has 1 aliphatic heterocycles. The Labute approximate surface area is 165 Å². The second-order valence-electron chi connectivity index (χ2n) is 5.42. The molecule has 0 N–H and O–H groups in total. The summed E-state index contributed by atoms with van der Waals surface area (Å²) in [6.45, 7) is 0. The maximum atomic E-state index is 13.2. The number of carbonyl (C=O) groups is 1. The number of nitrogens with zero attached hydrogens (tertiary/aromatic N) is 1. The van der Waals surface area contributed by atoms with Crippen molar-refractivity contribution in [3.8, 4) is 17.2 Å². The van der Waals surface area contributed by atoms with Crippen LogP contribution in [0, 0.1) is 5.82 Å². The molecule has 5 nitrogen and oxygen atoms in total. The molecule has 27 heavy (non-hydrogen) atoms. The van der Waals surface area contributed by atoms with Gasteiger partial charge >= 0.3 is 0 Å². The Hall–Kier alpha value is -2.58. The van der Waals surface area contributed by atoms with Crippen molar-refractivity contribution < 1.29 is 23.4 Å². The van der Waals surface area contributed by atoms with Crippen LogP contribution in [-0.2, 0) is 4.79 Å². The molecule has 0 aromatic heterocycles. The molecule has 0 spiro atoms. The van der Waals surface area contributed by atoms with Crippen LogP contribution < -0.4 is 19.1 Å². The van der Waals surface area contributed by atoms with E-state index in [0.29, 0.717) is 37.7 Å². The number of hydrogen-bond acceptors (Lipinski definition) is 6. The molecule has 1 saturated heterocycles. The SMILES string of the molecule is COc1ccc(C=C2SC(=S)N(c3ccc(F)cc3)C2=O)c(OC)c1OC. The summed E-state index contributed by atoms with van der Waals surface area (Å²) in [4.78, 5) is 14.6. The highest BCUT2D eigenvalue weighted by atomic mass is 32.2. The third-order valence-corrected chi connectivity index (χ3v) is 5.20. The molecule has 2 aromatic rings. The van der Waals surface area contributed by atoms with Crippen LogP contribution in [0.1, 0.15) is 5.56 Å². The predicted octanol–water partition coefficient (Wildman–Crippen LogP) is 4.26. The van der Waals surface area contributed by atoms with Gasteiger partial charge < -0.3 is 14.2 Å². The lowest BCUT2D eigenvalue weighted by Gasteiger charge is -2.15. The van der Waals surface area contributed by atoms with Crippen LogP contribution >= 0.6 is 24.0 Å². The summed E-state index contributed by atoms with van der Waals surface area (Å²) >= 11 is 6.50. The Bertz CT molecular complexity index is 928. The molecule has 140 valence electrons. The van der Waals surface area contributed by atoms with Crippen molar-refractivity contribution in [2.24, 2.45) is 0 Å². The number of thiocarbonyl (C=S) groups is 1. The molecule has 0 saturated carbocycles. The Morgan fingerprint density at radius 3 is 2.26 bits per heavy atom. The van der Waals surface area contributed by atoms with E-state index in [9.17, 15) is 9.18 Å². The van der Waals surface area contributed by atoms with Crippen LogP contribution in [0.2, 0.25) is 0 Å². The molecule has 0 bridgehead atoms. The summed E-state index contributed by atoms with van der Waals surface area (Å²) in [6.07, 6.45) is 1.68. The van der Waals surface area contributed by atoms with Gasteiger partial charge in [0.05, 0.1) is 31.9 Å². The Balaban J connectivity index is 2.00. The summed E-state index contributed by atoms with van der Waals surface area (Å²) < 4.78 is 29.6. The van der Waals surface area contributed by atoms with Gasteiger partial charge in [-0.25, -0.2) is 4.39 Å². The molecule has 0 atom stereocenters. The molecule has 8 heteroatoms. The third-order valence-electron chi connectivity index (χ3n) is 3.90. The quantitative estimate of drug-likeness (QED) is 0.547. The first kappa shape index (κ1) is 19.2. The Morgan fingerprint density at radius 2 is 1.67 bits per heavy atom. The molecular formula is C19H16FNO4S2. The zero-order chi connectivity index (χ0) is 19.6. The Kier molecular flexibility index (Phi) is 5.67. The smallest absolute Gasteiger partial charge is 0.270 e. The first-order valence-corrected chi connectivity index (χ1v) is 9.05. The van der Waals surface area contributed by atoms with Crippen molar-refractivity contribution in [1.29, 1.82) is 0 Å². The topological polar surface area (TPSA) is 48.0 Å². The van der Waals surface area contributed by atoms with Crippen molar-refractivity contribution in [2.45, 2.75) is 0 Å². The van der Waals surface area contributed by atoms with Crippen LogP contribution in [0.15, 0.2) is 41.3 Å². The number of thioether (sulfide) groups is 1. The van der Waals surface area contributed by atoms with Crippen LogP contribution in [-0.4, -0.2) is 31.6 Å². The number of halogens is 1. The van der Waals surface area contributed by atoms with E-state index in [1.54, 1.807) is 18.2 Å². The van der Waals surface area contributed by atoms with Gasteiger partial charge in [-0.15, -0.1) is 0 Å². The molecule has 1 fully saturated rings. The van der Waals surface area contributed by atoms with Gasteiger partial charge in [-0.05, 0) is 42.5 Å². The fraction of sp³-hybridized carbons (Fsp3) is 0.158. The average molecular weight is 405 g/mol. The van der Waals surface area contributed by atoms with Gasteiger partial charge in [-0.2, -0.15) is 0 Å². The molecule has 1 aliphatic rings. The van der Waals surface area contributed by atoms with Gasteiger partial charge in [-0.1, -0.05) is 24.0 Å². The van der Waals surface area contributed by atoms with Crippen LogP contribution in [0.25, 0.3) is 6.08 Å². The highest BCUT2D eigenvalue weighted by Crippen LogP contribution is 2.43. The second-order valence-corrected chi connectivity index (χ2v) is 7.09. The first-order chi connectivity index (χ1) is 13.0. The van der Waals surface area contributed by atoms with Crippen LogP contribution in [0.4, 0.5) is 10.1 Å². The van der Waals surface area contributed by atoms with Gasteiger partial charge in [-0.3, -0.25) is 9.69 Å². The van der Waals surface area contributed by atoms with E-state index in [2.05, 4.69) is 0 Å². The third kappa shape index (κ3) is 3.63. The zero-order valence-corrected chi connectivity index (χ0v) is 16.4. The van der Waals surface area contributed by atoms with Crippen molar-refractivity contribution in [3.63, 3.8) is 0 Å². The molecule has 0 unspecified atom stereocenters. The minimum absolute atomic E-state index is 0.284. The van der Waals surface area contributed by atoms with Crippen molar-refractivity contribution in [2.75, 3.05) is 26.2 Å². The normalized spacial score (nSPS) is 15.4. The molecular weight excluding hydrogens is 389 g/mol. The number of benzene rings is 2. The highest BCUT2D eigenvalue weighted by Gasteiger charge is 2.33. The molecule has 0 aliphatic carbocycles. The van der Waals surface area contributed by atoms with E-state index in [4.69, 9.17) is 26.4 Å². The summed E-state index contributed by atoms with van der Waals surface area (Å²) in [7, 11) is 4.56. The molecule has 1 heterocycles. The summed E-state index contributed by atoms with van der Waals surface area (Å²) in [6, 6.07) is 9.10. The minimum Gasteiger partial charge on any atom is -0.493 e. The van der Waals surface area contributed by atoms with E-state index in [-0.39, 0.29) is 11.7 Å². The van der Waals surface area contributed by atoms with Crippen LogP contribution in [0.3, 0.4) is 0 Å². The Morgan fingerprint density at radius 1 is 1.00 bits per heavy atom. The fourth-order valence-electron chi connectivity index (χ4n) is 2.66. The molecule has 0 radical (unpaired) electrons. The van der Waals surface area contributed by atoms with Crippen molar-refractivity contribution in [3.05, 3.63) is 52.7 Å². The van der Waals surface area contributed by atoms with Gasteiger partial charge in [0.2, 0.25) is 5.75 Å². The maximum Gasteiger partial charge on any atom is 0.270 e.